The van der Waals surface area contributed by atoms with Crippen LogP contribution < -0.4 is 5.32 Å². The lowest BCUT2D eigenvalue weighted by molar-refractivity contribution is 0.230. The second-order valence-electron chi connectivity index (χ2n) is 6.00. The molecular weight excluding hydrogens is 286 g/mol. The Balaban J connectivity index is 2.63. The zero-order valence-electron chi connectivity index (χ0n) is 14.0. The van der Waals surface area contributed by atoms with E-state index in [9.17, 15) is 8.42 Å². The van der Waals surface area contributed by atoms with Gasteiger partial charge in [-0.3, -0.25) is 0 Å². The van der Waals surface area contributed by atoms with E-state index in [4.69, 9.17) is 0 Å². The third-order valence-corrected chi connectivity index (χ3v) is 6.19. The van der Waals surface area contributed by atoms with Gasteiger partial charge in [0.2, 0.25) is 0 Å². The topological polar surface area (TPSA) is 52.7 Å². The standard InChI is InChI=1S/C15H33N3O2S/c1-4-6-8-12-17(3)21(19,20)18-13-9-7-10-15(18)14-16-11-5-2/h15-16H,4-14H2,1-3H3. The summed E-state index contributed by atoms with van der Waals surface area (Å²) in [5.41, 5.74) is 0. The summed E-state index contributed by atoms with van der Waals surface area (Å²) in [6.45, 7) is 7.28. The summed E-state index contributed by atoms with van der Waals surface area (Å²) in [6.07, 6.45) is 7.30. The van der Waals surface area contributed by atoms with Crippen LogP contribution in [0.1, 0.15) is 58.8 Å². The van der Waals surface area contributed by atoms with Crippen molar-refractivity contribution in [2.75, 3.05) is 33.2 Å². The number of piperidine rings is 1. The van der Waals surface area contributed by atoms with E-state index in [-0.39, 0.29) is 6.04 Å². The molecule has 1 fully saturated rings. The van der Waals surface area contributed by atoms with E-state index in [2.05, 4.69) is 19.2 Å². The second kappa shape index (κ2) is 9.77. The Bertz CT molecular complexity index is 373. The molecule has 1 rings (SSSR count). The number of unbranched alkanes of at least 4 members (excludes halogenated alkanes) is 2. The first-order chi connectivity index (χ1) is 10.0. The van der Waals surface area contributed by atoms with Gasteiger partial charge in [0.1, 0.15) is 0 Å². The van der Waals surface area contributed by atoms with Crippen LogP contribution in [0.15, 0.2) is 0 Å². The van der Waals surface area contributed by atoms with E-state index in [0.717, 1.165) is 58.0 Å². The molecule has 1 atom stereocenters. The van der Waals surface area contributed by atoms with Crippen molar-refractivity contribution in [3.05, 3.63) is 0 Å². The molecule has 0 radical (unpaired) electrons. The van der Waals surface area contributed by atoms with Crippen molar-refractivity contribution in [2.45, 2.75) is 64.8 Å². The van der Waals surface area contributed by atoms with Gasteiger partial charge in [0.25, 0.3) is 10.2 Å². The first-order valence-corrected chi connectivity index (χ1v) is 9.87. The number of rotatable bonds is 10. The van der Waals surface area contributed by atoms with Gasteiger partial charge in [0, 0.05) is 32.7 Å². The van der Waals surface area contributed by atoms with Gasteiger partial charge in [-0.05, 0) is 32.2 Å². The molecule has 1 aliphatic heterocycles. The Morgan fingerprint density at radius 2 is 1.95 bits per heavy atom. The van der Waals surface area contributed by atoms with E-state index in [0.29, 0.717) is 13.1 Å². The van der Waals surface area contributed by atoms with Gasteiger partial charge < -0.3 is 5.32 Å². The molecule has 21 heavy (non-hydrogen) atoms. The van der Waals surface area contributed by atoms with Crippen LogP contribution in [-0.2, 0) is 10.2 Å². The SMILES string of the molecule is CCCCCN(C)S(=O)(=O)N1CCCCC1CNCCC. The average Bonchev–Trinajstić information content (AvgIpc) is 2.48. The van der Waals surface area contributed by atoms with Crippen LogP contribution in [0, 0.1) is 0 Å². The molecule has 5 nitrogen and oxygen atoms in total. The Kier molecular flexibility index (Phi) is 8.78. The normalized spacial score (nSPS) is 21.0. The molecule has 1 heterocycles. The molecule has 1 aliphatic rings. The molecule has 0 aromatic heterocycles. The highest BCUT2D eigenvalue weighted by atomic mass is 32.2. The fourth-order valence-electron chi connectivity index (χ4n) is 2.81. The van der Waals surface area contributed by atoms with Gasteiger partial charge in [-0.1, -0.05) is 33.1 Å². The zero-order valence-corrected chi connectivity index (χ0v) is 14.8. The van der Waals surface area contributed by atoms with Crippen molar-refractivity contribution in [3.8, 4) is 0 Å². The van der Waals surface area contributed by atoms with Crippen molar-refractivity contribution >= 4 is 10.2 Å². The van der Waals surface area contributed by atoms with Crippen LogP contribution in [0.2, 0.25) is 0 Å². The maximum atomic E-state index is 12.7. The van der Waals surface area contributed by atoms with Crippen LogP contribution in [0.4, 0.5) is 0 Å². The van der Waals surface area contributed by atoms with Gasteiger partial charge in [0.05, 0.1) is 0 Å². The van der Waals surface area contributed by atoms with Crippen LogP contribution >= 0.6 is 0 Å². The predicted molar refractivity (Wildman–Crippen MR) is 88.6 cm³/mol. The Labute approximate surface area is 131 Å². The van der Waals surface area contributed by atoms with Crippen molar-refractivity contribution < 1.29 is 8.42 Å². The highest BCUT2D eigenvalue weighted by Gasteiger charge is 2.34. The Morgan fingerprint density at radius 1 is 1.19 bits per heavy atom. The summed E-state index contributed by atoms with van der Waals surface area (Å²) in [5, 5.41) is 3.37. The van der Waals surface area contributed by atoms with Crippen LogP contribution in [-0.4, -0.2) is 56.3 Å². The Hall–Kier alpha value is -0.170. The van der Waals surface area contributed by atoms with Gasteiger partial charge in [0.15, 0.2) is 0 Å². The van der Waals surface area contributed by atoms with Gasteiger partial charge in [-0.2, -0.15) is 17.0 Å². The highest BCUT2D eigenvalue weighted by Crippen LogP contribution is 2.22. The van der Waals surface area contributed by atoms with Gasteiger partial charge in [-0.15, -0.1) is 0 Å². The number of hydrogen-bond acceptors (Lipinski definition) is 3. The Morgan fingerprint density at radius 3 is 2.62 bits per heavy atom. The number of hydrogen-bond donors (Lipinski definition) is 1. The first kappa shape index (κ1) is 18.9. The molecule has 1 saturated heterocycles. The highest BCUT2D eigenvalue weighted by molar-refractivity contribution is 7.86. The fraction of sp³-hybridized carbons (Fsp3) is 1.00. The molecule has 126 valence electrons. The molecule has 0 bridgehead atoms. The molecule has 0 saturated carbocycles. The van der Waals surface area contributed by atoms with E-state index < -0.39 is 10.2 Å². The lowest BCUT2D eigenvalue weighted by atomic mass is 10.1. The molecular formula is C15H33N3O2S. The van der Waals surface area contributed by atoms with Crippen molar-refractivity contribution in [1.82, 2.24) is 13.9 Å². The van der Waals surface area contributed by atoms with E-state index in [1.54, 1.807) is 15.7 Å². The first-order valence-electron chi connectivity index (χ1n) is 8.47. The molecule has 1 unspecified atom stereocenters. The number of nitrogens with one attached hydrogen (secondary N) is 1. The zero-order chi connectivity index (χ0) is 15.7. The van der Waals surface area contributed by atoms with Crippen LogP contribution in [0.3, 0.4) is 0 Å². The number of nitrogens with zero attached hydrogens (tertiary/aromatic N) is 2. The van der Waals surface area contributed by atoms with Crippen molar-refractivity contribution in [1.29, 1.82) is 0 Å². The smallest absolute Gasteiger partial charge is 0.282 e. The predicted octanol–water partition coefficient (Wildman–Crippen LogP) is 2.21. The molecule has 6 heteroatoms. The molecule has 0 spiro atoms. The quantitative estimate of drug-likeness (QED) is 0.628. The van der Waals surface area contributed by atoms with E-state index in [1.807, 2.05) is 0 Å². The fourth-order valence-corrected chi connectivity index (χ4v) is 4.44. The maximum absolute atomic E-state index is 12.7. The molecule has 0 aromatic carbocycles. The lowest BCUT2D eigenvalue weighted by Crippen LogP contribution is -2.52. The van der Waals surface area contributed by atoms with Crippen LogP contribution in [0.25, 0.3) is 0 Å². The monoisotopic (exact) mass is 319 g/mol. The van der Waals surface area contributed by atoms with Crippen LogP contribution in [0.5, 0.6) is 0 Å². The van der Waals surface area contributed by atoms with Crippen molar-refractivity contribution in [2.24, 2.45) is 0 Å². The van der Waals surface area contributed by atoms with Crippen molar-refractivity contribution in [3.63, 3.8) is 0 Å². The average molecular weight is 320 g/mol. The molecule has 0 aliphatic carbocycles. The lowest BCUT2D eigenvalue weighted by Gasteiger charge is -2.37. The maximum Gasteiger partial charge on any atom is 0.282 e. The largest absolute Gasteiger partial charge is 0.315 e. The minimum atomic E-state index is -3.30. The van der Waals surface area contributed by atoms with E-state index in [1.165, 1.54) is 0 Å². The molecule has 0 aromatic rings. The summed E-state index contributed by atoms with van der Waals surface area (Å²) >= 11 is 0. The minimum absolute atomic E-state index is 0.115. The van der Waals surface area contributed by atoms with E-state index >= 15 is 0 Å². The summed E-state index contributed by atoms with van der Waals surface area (Å²) in [7, 11) is -1.58. The summed E-state index contributed by atoms with van der Waals surface area (Å²) in [6, 6.07) is 0.115. The third kappa shape index (κ3) is 5.85. The molecule has 0 amide bonds. The summed E-state index contributed by atoms with van der Waals surface area (Å²) < 4.78 is 28.8. The summed E-state index contributed by atoms with van der Waals surface area (Å²) in [4.78, 5) is 0. The third-order valence-electron chi connectivity index (χ3n) is 4.15. The van der Waals surface area contributed by atoms with Gasteiger partial charge in [-0.25, -0.2) is 0 Å². The molecule has 1 N–H and O–H groups in total. The second-order valence-corrected chi connectivity index (χ2v) is 7.99. The van der Waals surface area contributed by atoms with Gasteiger partial charge >= 0.3 is 0 Å². The minimum Gasteiger partial charge on any atom is -0.315 e. The summed E-state index contributed by atoms with van der Waals surface area (Å²) in [5.74, 6) is 0.